The quantitative estimate of drug-likeness (QED) is 0.904. The van der Waals surface area contributed by atoms with Gasteiger partial charge >= 0.3 is 0 Å². The molecule has 4 nitrogen and oxygen atoms in total. The Labute approximate surface area is 131 Å². The lowest BCUT2D eigenvalue weighted by Gasteiger charge is -2.42. The standard InChI is InChI=1S/C15H18BrFN2O2/c1-4-12-13(20)18-15(2,3)14(21)19(12)8-9-5-6-11(17)10(16)7-9/h5-7,12H,4,8H2,1-3H3,(H,18,20). The first-order chi connectivity index (χ1) is 9.76. The van der Waals surface area contributed by atoms with Gasteiger partial charge in [0.15, 0.2) is 0 Å². The predicted octanol–water partition coefficient (Wildman–Crippen LogP) is 2.60. The Kier molecular flexibility index (Phi) is 4.37. The van der Waals surface area contributed by atoms with Crippen LogP contribution in [0, 0.1) is 5.82 Å². The predicted molar refractivity (Wildman–Crippen MR) is 81.0 cm³/mol. The van der Waals surface area contributed by atoms with Crippen molar-refractivity contribution < 1.29 is 14.0 Å². The summed E-state index contributed by atoms with van der Waals surface area (Å²) in [5.41, 5.74) is -0.138. The van der Waals surface area contributed by atoms with Crippen molar-refractivity contribution in [2.24, 2.45) is 0 Å². The molecule has 0 aliphatic carbocycles. The van der Waals surface area contributed by atoms with Crippen molar-refractivity contribution in [2.75, 3.05) is 0 Å². The highest BCUT2D eigenvalue weighted by Gasteiger charge is 2.44. The van der Waals surface area contributed by atoms with Crippen LogP contribution in [0.15, 0.2) is 22.7 Å². The Balaban J connectivity index is 2.31. The molecule has 1 aliphatic heterocycles. The molecule has 114 valence electrons. The summed E-state index contributed by atoms with van der Waals surface area (Å²) in [6, 6.07) is 4.11. The zero-order chi connectivity index (χ0) is 15.8. The molecule has 21 heavy (non-hydrogen) atoms. The number of amides is 2. The number of rotatable bonds is 3. The van der Waals surface area contributed by atoms with Crippen LogP contribution in [-0.2, 0) is 16.1 Å². The molecule has 0 spiro atoms. The van der Waals surface area contributed by atoms with E-state index < -0.39 is 11.6 Å². The normalized spacial score (nSPS) is 21.4. The minimum atomic E-state index is -0.917. The molecule has 1 atom stereocenters. The van der Waals surface area contributed by atoms with Gasteiger partial charge in [0.25, 0.3) is 0 Å². The first kappa shape index (κ1) is 15.9. The van der Waals surface area contributed by atoms with E-state index in [-0.39, 0.29) is 24.2 Å². The van der Waals surface area contributed by atoms with Crippen LogP contribution in [0.3, 0.4) is 0 Å². The molecule has 1 aromatic carbocycles. The van der Waals surface area contributed by atoms with Gasteiger partial charge in [0.05, 0.1) is 4.47 Å². The first-order valence-electron chi connectivity index (χ1n) is 6.83. The fourth-order valence-electron chi connectivity index (χ4n) is 2.51. The van der Waals surface area contributed by atoms with E-state index in [0.717, 1.165) is 5.56 Å². The van der Waals surface area contributed by atoms with Crippen LogP contribution in [0.4, 0.5) is 4.39 Å². The van der Waals surface area contributed by atoms with Gasteiger partial charge in [-0.25, -0.2) is 4.39 Å². The van der Waals surface area contributed by atoms with E-state index in [1.165, 1.54) is 6.07 Å². The molecule has 0 bridgehead atoms. The van der Waals surface area contributed by atoms with Crippen molar-refractivity contribution in [3.63, 3.8) is 0 Å². The van der Waals surface area contributed by atoms with Crippen LogP contribution >= 0.6 is 15.9 Å². The van der Waals surface area contributed by atoms with E-state index in [2.05, 4.69) is 21.2 Å². The number of nitrogens with zero attached hydrogens (tertiary/aromatic N) is 1. The molecule has 6 heteroatoms. The molecule has 1 N–H and O–H groups in total. The molecule has 2 amide bonds. The summed E-state index contributed by atoms with van der Waals surface area (Å²) in [5, 5.41) is 2.74. The number of halogens is 2. The second kappa shape index (κ2) is 5.75. The van der Waals surface area contributed by atoms with Crippen LogP contribution < -0.4 is 5.32 Å². The number of carbonyl (C=O) groups is 2. The molecule has 1 saturated heterocycles. The van der Waals surface area contributed by atoms with Gasteiger partial charge in [0.2, 0.25) is 11.8 Å². The summed E-state index contributed by atoms with van der Waals surface area (Å²) in [4.78, 5) is 26.2. The highest BCUT2D eigenvalue weighted by Crippen LogP contribution is 2.24. The minimum absolute atomic E-state index is 0.130. The highest BCUT2D eigenvalue weighted by atomic mass is 79.9. The molecule has 1 aliphatic rings. The van der Waals surface area contributed by atoms with Crippen molar-refractivity contribution in [1.82, 2.24) is 10.2 Å². The van der Waals surface area contributed by atoms with Gasteiger partial charge < -0.3 is 10.2 Å². The minimum Gasteiger partial charge on any atom is -0.340 e. The molecular formula is C15H18BrFN2O2. The van der Waals surface area contributed by atoms with Crippen LogP contribution in [0.5, 0.6) is 0 Å². The summed E-state index contributed by atoms with van der Waals surface area (Å²) >= 11 is 3.13. The van der Waals surface area contributed by atoms with Crippen molar-refractivity contribution in [3.05, 3.63) is 34.1 Å². The Morgan fingerprint density at radius 1 is 1.38 bits per heavy atom. The van der Waals surface area contributed by atoms with Crippen LogP contribution in [0.1, 0.15) is 32.8 Å². The van der Waals surface area contributed by atoms with E-state index in [4.69, 9.17) is 0 Å². The highest BCUT2D eigenvalue weighted by molar-refractivity contribution is 9.10. The number of carbonyl (C=O) groups excluding carboxylic acids is 2. The molecule has 0 saturated carbocycles. The summed E-state index contributed by atoms with van der Waals surface area (Å²) in [7, 11) is 0. The Bertz CT molecular complexity index is 589. The fraction of sp³-hybridized carbons (Fsp3) is 0.467. The lowest BCUT2D eigenvalue weighted by atomic mass is 9.95. The maximum absolute atomic E-state index is 13.3. The maximum atomic E-state index is 13.3. The number of piperazine rings is 1. The molecule has 2 rings (SSSR count). The largest absolute Gasteiger partial charge is 0.340 e. The van der Waals surface area contributed by atoms with Crippen LogP contribution in [0.2, 0.25) is 0 Å². The fourth-order valence-corrected chi connectivity index (χ4v) is 2.94. The summed E-state index contributed by atoms with van der Waals surface area (Å²) in [5.74, 6) is -0.633. The number of hydrogen-bond donors (Lipinski definition) is 1. The summed E-state index contributed by atoms with van der Waals surface area (Å²) in [6.45, 7) is 5.52. The monoisotopic (exact) mass is 356 g/mol. The first-order valence-corrected chi connectivity index (χ1v) is 7.62. The third-order valence-corrected chi connectivity index (χ3v) is 4.24. The number of benzene rings is 1. The van der Waals surface area contributed by atoms with Crippen LogP contribution in [-0.4, -0.2) is 28.3 Å². The van der Waals surface area contributed by atoms with Crippen molar-refractivity contribution in [3.8, 4) is 0 Å². The SMILES string of the molecule is CCC1C(=O)NC(C)(C)C(=O)N1Cc1ccc(F)c(Br)c1. The van der Waals surface area contributed by atoms with E-state index >= 15 is 0 Å². The average molecular weight is 357 g/mol. The topological polar surface area (TPSA) is 49.4 Å². The summed E-state index contributed by atoms with van der Waals surface area (Å²) < 4.78 is 13.6. The Morgan fingerprint density at radius 2 is 2.05 bits per heavy atom. The van der Waals surface area contributed by atoms with Gasteiger partial charge in [0, 0.05) is 6.54 Å². The second-order valence-electron chi connectivity index (χ2n) is 5.72. The van der Waals surface area contributed by atoms with Gasteiger partial charge in [0.1, 0.15) is 17.4 Å². The van der Waals surface area contributed by atoms with Gasteiger partial charge in [-0.05, 0) is 53.9 Å². The zero-order valence-electron chi connectivity index (χ0n) is 12.2. The van der Waals surface area contributed by atoms with Gasteiger partial charge in [-0.2, -0.15) is 0 Å². The lowest BCUT2D eigenvalue weighted by Crippen LogP contribution is -2.67. The Morgan fingerprint density at radius 3 is 2.62 bits per heavy atom. The lowest BCUT2D eigenvalue weighted by molar-refractivity contribution is -0.154. The third kappa shape index (κ3) is 3.10. The molecule has 0 radical (unpaired) electrons. The Hall–Kier alpha value is -1.43. The van der Waals surface area contributed by atoms with E-state index in [1.54, 1.807) is 30.9 Å². The van der Waals surface area contributed by atoms with Gasteiger partial charge in [-0.1, -0.05) is 13.0 Å². The average Bonchev–Trinajstić information content (AvgIpc) is 2.40. The van der Waals surface area contributed by atoms with E-state index in [9.17, 15) is 14.0 Å². The smallest absolute Gasteiger partial charge is 0.248 e. The molecule has 1 heterocycles. The van der Waals surface area contributed by atoms with Gasteiger partial charge in [-0.15, -0.1) is 0 Å². The molecule has 0 aromatic heterocycles. The molecule has 1 unspecified atom stereocenters. The van der Waals surface area contributed by atoms with Gasteiger partial charge in [-0.3, -0.25) is 9.59 Å². The summed E-state index contributed by atoms with van der Waals surface area (Å²) in [6.07, 6.45) is 0.538. The van der Waals surface area contributed by atoms with Crippen LogP contribution in [0.25, 0.3) is 0 Å². The van der Waals surface area contributed by atoms with E-state index in [1.807, 2.05) is 6.92 Å². The number of hydrogen-bond acceptors (Lipinski definition) is 2. The second-order valence-corrected chi connectivity index (χ2v) is 6.57. The maximum Gasteiger partial charge on any atom is 0.248 e. The van der Waals surface area contributed by atoms with Crippen molar-refractivity contribution in [2.45, 2.75) is 45.3 Å². The van der Waals surface area contributed by atoms with Crippen molar-refractivity contribution >= 4 is 27.7 Å². The van der Waals surface area contributed by atoms with Crippen molar-refractivity contribution in [1.29, 1.82) is 0 Å². The molecule has 1 aromatic rings. The number of nitrogens with one attached hydrogen (secondary N) is 1. The molecular weight excluding hydrogens is 339 g/mol. The van der Waals surface area contributed by atoms with E-state index in [0.29, 0.717) is 10.9 Å². The zero-order valence-corrected chi connectivity index (χ0v) is 13.8. The molecule has 1 fully saturated rings. The third-order valence-electron chi connectivity index (χ3n) is 3.63.